The van der Waals surface area contributed by atoms with Crippen molar-refractivity contribution in [3.05, 3.63) is 102 Å². The molecule has 168 valence electrons. The highest BCUT2D eigenvalue weighted by Crippen LogP contribution is 2.16. The van der Waals surface area contributed by atoms with Crippen molar-refractivity contribution in [1.29, 1.82) is 0 Å². The molecule has 0 N–H and O–H groups in total. The third-order valence-electron chi connectivity index (χ3n) is 4.76. The van der Waals surface area contributed by atoms with Gasteiger partial charge < -0.3 is 4.74 Å². The first-order valence-corrected chi connectivity index (χ1v) is 12.2. The van der Waals surface area contributed by atoms with Crippen molar-refractivity contribution in [2.45, 2.75) is 31.3 Å². The molecule has 0 saturated carbocycles. The molecular formula is C28H27NO3S. The van der Waals surface area contributed by atoms with Crippen molar-refractivity contribution in [1.82, 2.24) is 4.31 Å². The van der Waals surface area contributed by atoms with Gasteiger partial charge >= 0.3 is 0 Å². The first-order chi connectivity index (χ1) is 16.1. The van der Waals surface area contributed by atoms with Crippen molar-refractivity contribution >= 4 is 10.0 Å². The molecule has 0 radical (unpaired) electrons. The summed E-state index contributed by atoms with van der Waals surface area (Å²) in [5.74, 6) is 9.04. The van der Waals surface area contributed by atoms with Crippen molar-refractivity contribution in [3.63, 3.8) is 0 Å². The fourth-order valence-corrected chi connectivity index (χ4v) is 4.18. The summed E-state index contributed by atoms with van der Waals surface area (Å²) >= 11 is 0. The summed E-state index contributed by atoms with van der Waals surface area (Å²) in [6.07, 6.45) is 0.973. The Kier molecular flexibility index (Phi) is 9.15. The van der Waals surface area contributed by atoms with E-state index in [0.29, 0.717) is 26.1 Å². The zero-order chi connectivity index (χ0) is 23.4. The third-order valence-corrected chi connectivity index (χ3v) is 6.48. The maximum atomic E-state index is 13.2. The number of nitrogens with zero attached hydrogens (tertiary/aromatic N) is 1. The quantitative estimate of drug-likeness (QED) is 0.272. The monoisotopic (exact) mass is 457 g/mol. The van der Waals surface area contributed by atoms with E-state index < -0.39 is 10.0 Å². The standard InChI is InChI=1S/C28H27NO3S/c1-25-16-18-28(19-17-25)33(30,31)29(22-20-26-12-6-4-7-13-26)21-10-2-3-11-23-32-24-27-14-8-5-9-15-27/h4-9,12-19H,10-11,21,23-24H2,1H3. The minimum absolute atomic E-state index is 0.188. The normalized spacial score (nSPS) is 10.5. The largest absolute Gasteiger partial charge is 0.376 e. The SMILES string of the molecule is Cc1ccc(S(=O)(=O)N(C#Cc2ccccc2)CCC#CCCOCc2ccccc2)cc1. The molecule has 3 rings (SSSR count). The average Bonchev–Trinajstić information content (AvgIpc) is 2.84. The van der Waals surface area contributed by atoms with Crippen LogP contribution in [0.15, 0.2) is 89.8 Å². The van der Waals surface area contributed by atoms with E-state index in [9.17, 15) is 8.42 Å². The van der Waals surface area contributed by atoms with Crippen LogP contribution in [-0.2, 0) is 21.4 Å². The van der Waals surface area contributed by atoms with Crippen LogP contribution in [0.4, 0.5) is 0 Å². The molecule has 0 aliphatic heterocycles. The molecule has 0 amide bonds. The summed E-state index contributed by atoms with van der Waals surface area (Å²) in [6, 6.07) is 28.9. The Balaban J connectivity index is 1.60. The number of hydrogen-bond acceptors (Lipinski definition) is 3. The summed E-state index contributed by atoms with van der Waals surface area (Å²) in [5, 5.41) is 0. The fraction of sp³-hybridized carbons (Fsp3) is 0.214. The van der Waals surface area contributed by atoms with Gasteiger partial charge in [0.25, 0.3) is 10.0 Å². The average molecular weight is 458 g/mol. The van der Waals surface area contributed by atoms with E-state index in [0.717, 1.165) is 16.7 Å². The van der Waals surface area contributed by atoms with Gasteiger partial charge in [0.2, 0.25) is 0 Å². The highest BCUT2D eigenvalue weighted by atomic mass is 32.2. The first kappa shape index (κ1) is 24.1. The van der Waals surface area contributed by atoms with E-state index in [2.05, 4.69) is 23.8 Å². The summed E-state index contributed by atoms with van der Waals surface area (Å²) < 4.78 is 33.1. The highest BCUT2D eigenvalue weighted by molar-refractivity contribution is 7.89. The Bertz CT molecular complexity index is 1230. The number of aryl methyl sites for hydroxylation is 1. The second-order valence-electron chi connectivity index (χ2n) is 7.38. The van der Waals surface area contributed by atoms with Gasteiger partial charge in [-0.2, -0.15) is 0 Å². The molecule has 0 atom stereocenters. The smallest absolute Gasteiger partial charge is 0.271 e. The van der Waals surface area contributed by atoms with Gasteiger partial charge in [0.15, 0.2) is 0 Å². The van der Waals surface area contributed by atoms with Crippen LogP contribution in [0.2, 0.25) is 0 Å². The molecule has 0 aromatic heterocycles. The zero-order valence-corrected chi connectivity index (χ0v) is 19.5. The number of ether oxygens (including phenoxy) is 1. The van der Waals surface area contributed by atoms with Crippen LogP contribution < -0.4 is 0 Å². The number of benzene rings is 3. The van der Waals surface area contributed by atoms with Crippen molar-refractivity contribution < 1.29 is 13.2 Å². The Labute approximate surface area is 197 Å². The molecule has 4 nitrogen and oxygen atoms in total. The van der Waals surface area contributed by atoms with Crippen LogP contribution >= 0.6 is 0 Å². The summed E-state index contributed by atoms with van der Waals surface area (Å²) in [7, 11) is -3.75. The molecular weight excluding hydrogens is 430 g/mol. The molecule has 0 bridgehead atoms. The molecule has 0 aliphatic carbocycles. The predicted molar refractivity (Wildman–Crippen MR) is 131 cm³/mol. The maximum Gasteiger partial charge on any atom is 0.271 e. The predicted octanol–water partition coefficient (Wildman–Crippen LogP) is 5.00. The molecule has 0 spiro atoms. The molecule has 0 fully saturated rings. The van der Waals surface area contributed by atoms with Gasteiger partial charge in [-0.3, -0.25) is 0 Å². The molecule has 3 aromatic rings. The number of hydrogen-bond donors (Lipinski definition) is 0. The summed E-state index contributed by atoms with van der Waals surface area (Å²) in [5.41, 5.74) is 2.87. The van der Waals surface area contributed by atoms with E-state index in [4.69, 9.17) is 4.74 Å². The van der Waals surface area contributed by atoms with Gasteiger partial charge in [0.05, 0.1) is 24.7 Å². The molecule has 0 unspecified atom stereocenters. The summed E-state index contributed by atoms with van der Waals surface area (Å²) in [6.45, 7) is 3.19. The Morgan fingerprint density at radius 1 is 0.818 bits per heavy atom. The van der Waals surface area contributed by atoms with Crippen LogP contribution in [-0.4, -0.2) is 25.9 Å². The second kappa shape index (κ2) is 12.5. The zero-order valence-electron chi connectivity index (χ0n) is 18.7. The molecule has 3 aromatic carbocycles. The molecule has 0 aliphatic rings. The topological polar surface area (TPSA) is 46.6 Å². The van der Waals surface area contributed by atoms with E-state index in [-0.39, 0.29) is 11.4 Å². The van der Waals surface area contributed by atoms with E-state index >= 15 is 0 Å². The third kappa shape index (κ3) is 7.84. The minimum atomic E-state index is -3.75. The maximum absolute atomic E-state index is 13.2. The van der Waals surface area contributed by atoms with Gasteiger partial charge in [-0.05, 0) is 42.7 Å². The Morgan fingerprint density at radius 3 is 2.15 bits per heavy atom. The van der Waals surface area contributed by atoms with Gasteiger partial charge in [-0.15, -0.1) is 11.8 Å². The van der Waals surface area contributed by atoms with Crippen molar-refractivity contribution in [2.24, 2.45) is 0 Å². The number of rotatable bonds is 8. The van der Waals surface area contributed by atoms with Gasteiger partial charge in [0.1, 0.15) is 0 Å². The Morgan fingerprint density at radius 2 is 1.45 bits per heavy atom. The van der Waals surface area contributed by atoms with E-state index in [1.54, 1.807) is 24.3 Å². The highest BCUT2D eigenvalue weighted by Gasteiger charge is 2.21. The van der Waals surface area contributed by atoms with Gasteiger partial charge in [0, 0.05) is 24.4 Å². The molecule has 33 heavy (non-hydrogen) atoms. The lowest BCUT2D eigenvalue weighted by atomic mass is 10.2. The van der Waals surface area contributed by atoms with Crippen molar-refractivity contribution in [3.8, 4) is 23.8 Å². The lowest BCUT2D eigenvalue weighted by molar-refractivity contribution is 0.126. The lowest BCUT2D eigenvalue weighted by Crippen LogP contribution is -2.27. The van der Waals surface area contributed by atoms with E-state index in [1.165, 1.54) is 4.31 Å². The minimum Gasteiger partial charge on any atom is -0.376 e. The first-order valence-electron chi connectivity index (χ1n) is 10.8. The van der Waals surface area contributed by atoms with Crippen LogP contribution in [0, 0.1) is 30.7 Å². The molecule has 0 saturated heterocycles. The van der Waals surface area contributed by atoms with Crippen LogP contribution in [0.1, 0.15) is 29.5 Å². The number of sulfonamides is 1. The van der Waals surface area contributed by atoms with E-state index in [1.807, 2.05) is 67.6 Å². The van der Waals surface area contributed by atoms with Crippen LogP contribution in [0.5, 0.6) is 0 Å². The van der Waals surface area contributed by atoms with Crippen LogP contribution in [0.25, 0.3) is 0 Å². The van der Waals surface area contributed by atoms with Crippen molar-refractivity contribution in [2.75, 3.05) is 13.2 Å². The summed E-state index contributed by atoms with van der Waals surface area (Å²) in [4.78, 5) is 0.220. The Hall–Kier alpha value is -3.51. The fourth-order valence-electron chi connectivity index (χ4n) is 2.94. The van der Waals surface area contributed by atoms with Gasteiger partial charge in [-0.25, -0.2) is 12.7 Å². The molecule has 5 heteroatoms. The lowest BCUT2D eigenvalue weighted by Gasteiger charge is -2.17. The molecule has 0 heterocycles. The van der Waals surface area contributed by atoms with Gasteiger partial charge in [-0.1, -0.05) is 66.2 Å². The van der Waals surface area contributed by atoms with Crippen LogP contribution in [0.3, 0.4) is 0 Å². The second-order valence-corrected chi connectivity index (χ2v) is 9.25.